The molecule has 0 bridgehead atoms. The zero-order valence-electron chi connectivity index (χ0n) is 18.2. The van der Waals surface area contributed by atoms with E-state index in [0.717, 1.165) is 44.9 Å². The summed E-state index contributed by atoms with van der Waals surface area (Å²) in [6.07, 6.45) is 12.0. The third kappa shape index (κ3) is 9.29. The Labute approximate surface area is 189 Å². The van der Waals surface area contributed by atoms with Crippen LogP contribution in [0.25, 0.3) is 0 Å². The maximum absolute atomic E-state index is 12.6. The van der Waals surface area contributed by atoms with Crippen molar-refractivity contribution in [3.05, 3.63) is 0 Å². The molecule has 0 aromatic heterocycles. The van der Waals surface area contributed by atoms with E-state index in [1.54, 1.807) is 0 Å². The molecule has 28 heavy (non-hydrogen) atoms. The molecule has 6 nitrogen and oxygen atoms in total. The lowest BCUT2D eigenvalue weighted by Crippen LogP contribution is -2.45. The van der Waals surface area contributed by atoms with Crippen molar-refractivity contribution in [1.82, 2.24) is 20.4 Å². The van der Waals surface area contributed by atoms with Crippen LogP contribution in [-0.4, -0.2) is 75.0 Å². The van der Waals surface area contributed by atoms with Gasteiger partial charge in [0.2, 0.25) is 5.91 Å². The number of carbonyl (C=O) groups excluding carboxylic acids is 1. The van der Waals surface area contributed by atoms with Crippen LogP contribution in [0.4, 0.5) is 0 Å². The number of hydrogen-bond donors (Lipinski definition) is 2. The largest absolute Gasteiger partial charge is 0.356 e. The van der Waals surface area contributed by atoms with Crippen LogP contribution in [0.15, 0.2) is 4.99 Å². The maximum atomic E-state index is 12.6. The maximum Gasteiger partial charge on any atom is 0.225 e. The first-order valence-corrected chi connectivity index (χ1v) is 11.0. The summed E-state index contributed by atoms with van der Waals surface area (Å²) in [7, 11) is 6.10. The molecule has 2 N–H and O–H groups in total. The minimum Gasteiger partial charge on any atom is -0.356 e. The zero-order chi connectivity index (χ0) is 19.5. The third-order valence-corrected chi connectivity index (χ3v) is 5.84. The number of carbonyl (C=O) groups is 1. The van der Waals surface area contributed by atoms with E-state index in [9.17, 15) is 4.79 Å². The molecule has 2 rings (SSSR count). The van der Waals surface area contributed by atoms with Gasteiger partial charge in [-0.3, -0.25) is 9.79 Å². The van der Waals surface area contributed by atoms with E-state index in [1.165, 1.54) is 51.5 Å². The van der Waals surface area contributed by atoms with Crippen LogP contribution in [0.3, 0.4) is 0 Å². The highest BCUT2D eigenvalue weighted by Gasteiger charge is 2.32. The molecular weight excluding hydrogens is 465 g/mol. The summed E-state index contributed by atoms with van der Waals surface area (Å²) >= 11 is 0. The van der Waals surface area contributed by atoms with Gasteiger partial charge in [-0.05, 0) is 52.7 Å². The molecule has 1 unspecified atom stereocenters. The lowest BCUT2D eigenvalue weighted by atomic mass is 10.1. The number of aliphatic imine (C=N–C) groups is 1. The molecule has 2 aliphatic rings. The molecule has 1 aliphatic carbocycles. The molecule has 7 heteroatoms. The van der Waals surface area contributed by atoms with Crippen LogP contribution < -0.4 is 10.6 Å². The Morgan fingerprint density at radius 3 is 2.43 bits per heavy atom. The first-order valence-electron chi connectivity index (χ1n) is 11.0. The fourth-order valence-corrected chi connectivity index (χ4v) is 4.19. The Morgan fingerprint density at radius 1 is 1.07 bits per heavy atom. The van der Waals surface area contributed by atoms with Crippen LogP contribution >= 0.6 is 24.0 Å². The second kappa shape index (κ2) is 14.4. The van der Waals surface area contributed by atoms with E-state index in [2.05, 4.69) is 39.5 Å². The second-order valence-electron chi connectivity index (χ2n) is 8.47. The smallest absolute Gasteiger partial charge is 0.225 e. The van der Waals surface area contributed by atoms with Crippen LogP contribution in [-0.2, 0) is 4.79 Å². The molecule has 1 atom stereocenters. The van der Waals surface area contributed by atoms with Gasteiger partial charge in [0.15, 0.2) is 5.96 Å². The van der Waals surface area contributed by atoms with E-state index in [-0.39, 0.29) is 24.0 Å². The number of likely N-dealkylation sites (tertiary alicyclic amines) is 1. The molecule has 1 amide bonds. The van der Waals surface area contributed by atoms with Gasteiger partial charge in [-0.1, -0.05) is 32.1 Å². The van der Waals surface area contributed by atoms with Crippen molar-refractivity contribution >= 4 is 35.8 Å². The van der Waals surface area contributed by atoms with Gasteiger partial charge in [-0.25, -0.2) is 0 Å². The van der Waals surface area contributed by atoms with Crippen molar-refractivity contribution < 1.29 is 4.79 Å². The SMILES string of the molecule is CN=C(NCCCCCCCN(C)C)NC1CCN(C(=O)C2CCCC2)C1.I. The number of nitrogens with zero attached hydrogens (tertiary/aromatic N) is 3. The number of amides is 1. The van der Waals surface area contributed by atoms with Crippen molar-refractivity contribution in [2.75, 3.05) is 47.3 Å². The van der Waals surface area contributed by atoms with E-state index in [1.807, 2.05) is 7.05 Å². The highest BCUT2D eigenvalue weighted by atomic mass is 127. The highest BCUT2D eigenvalue weighted by Crippen LogP contribution is 2.27. The van der Waals surface area contributed by atoms with Crippen LogP contribution in [0.2, 0.25) is 0 Å². The summed E-state index contributed by atoms with van der Waals surface area (Å²) in [5.74, 6) is 1.55. The fraction of sp³-hybridized carbons (Fsp3) is 0.905. The monoisotopic (exact) mass is 507 g/mol. The average molecular weight is 508 g/mol. The lowest BCUT2D eigenvalue weighted by molar-refractivity contribution is -0.134. The summed E-state index contributed by atoms with van der Waals surface area (Å²) < 4.78 is 0. The lowest BCUT2D eigenvalue weighted by Gasteiger charge is -2.21. The van der Waals surface area contributed by atoms with E-state index in [0.29, 0.717) is 17.9 Å². The molecule has 1 aliphatic heterocycles. The topological polar surface area (TPSA) is 60.0 Å². The van der Waals surface area contributed by atoms with Crippen LogP contribution in [0.1, 0.15) is 64.2 Å². The zero-order valence-corrected chi connectivity index (χ0v) is 20.5. The second-order valence-corrected chi connectivity index (χ2v) is 8.47. The van der Waals surface area contributed by atoms with Gasteiger partial charge in [0.05, 0.1) is 0 Å². The number of halogens is 1. The van der Waals surface area contributed by atoms with Gasteiger partial charge in [0.25, 0.3) is 0 Å². The minimum atomic E-state index is 0. The number of nitrogens with one attached hydrogen (secondary N) is 2. The Bertz CT molecular complexity index is 466. The minimum absolute atomic E-state index is 0. The average Bonchev–Trinajstić information content (AvgIpc) is 3.34. The van der Waals surface area contributed by atoms with Crippen molar-refractivity contribution in [3.63, 3.8) is 0 Å². The molecule has 1 saturated heterocycles. The standard InChI is InChI=1S/C21H41N5O.HI/c1-22-21(23-14-9-5-4-6-10-15-25(2)3)24-19-13-16-26(17-19)20(27)18-11-7-8-12-18;/h18-19H,4-17H2,1-3H3,(H2,22,23,24);1H. The molecule has 0 radical (unpaired) electrons. The quantitative estimate of drug-likeness (QED) is 0.207. The molecular formula is C21H42IN5O. The number of guanidine groups is 1. The van der Waals surface area contributed by atoms with Crippen molar-refractivity contribution in [2.45, 2.75) is 70.3 Å². The van der Waals surface area contributed by atoms with Gasteiger partial charge >= 0.3 is 0 Å². The Morgan fingerprint density at radius 2 is 1.75 bits per heavy atom. The summed E-state index contributed by atoms with van der Waals surface area (Å²) in [4.78, 5) is 21.2. The summed E-state index contributed by atoms with van der Waals surface area (Å²) in [5.41, 5.74) is 0. The van der Waals surface area contributed by atoms with Crippen LogP contribution in [0.5, 0.6) is 0 Å². The first-order chi connectivity index (χ1) is 13.1. The molecule has 1 heterocycles. The predicted molar refractivity (Wildman–Crippen MR) is 128 cm³/mol. The number of unbranched alkanes of at least 4 members (excludes halogenated alkanes) is 4. The molecule has 0 spiro atoms. The fourth-order valence-electron chi connectivity index (χ4n) is 4.19. The molecule has 164 valence electrons. The predicted octanol–water partition coefficient (Wildman–Crippen LogP) is 3.07. The molecule has 2 fully saturated rings. The van der Waals surface area contributed by atoms with Gasteiger partial charge in [-0.15, -0.1) is 24.0 Å². The normalized spacial score (nSPS) is 20.5. The van der Waals surface area contributed by atoms with Gasteiger partial charge in [0, 0.05) is 38.6 Å². The van der Waals surface area contributed by atoms with Gasteiger partial charge < -0.3 is 20.4 Å². The number of hydrogen-bond acceptors (Lipinski definition) is 3. The number of rotatable bonds is 10. The van der Waals surface area contributed by atoms with Crippen LogP contribution in [0, 0.1) is 5.92 Å². The summed E-state index contributed by atoms with van der Waals surface area (Å²) in [6, 6.07) is 0.326. The first kappa shape index (κ1) is 25.5. The van der Waals surface area contributed by atoms with Gasteiger partial charge in [0.1, 0.15) is 0 Å². The van der Waals surface area contributed by atoms with Crippen molar-refractivity contribution in [2.24, 2.45) is 10.9 Å². The molecule has 0 aromatic rings. The Kier molecular flexibility index (Phi) is 13.1. The Balaban J connectivity index is 0.00000392. The highest BCUT2D eigenvalue weighted by molar-refractivity contribution is 14.0. The van der Waals surface area contributed by atoms with E-state index in [4.69, 9.17) is 0 Å². The Hall–Kier alpha value is -0.570. The molecule has 1 saturated carbocycles. The van der Waals surface area contributed by atoms with Crippen molar-refractivity contribution in [3.8, 4) is 0 Å². The summed E-state index contributed by atoms with van der Waals surface area (Å²) in [6.45, 7) is 3.86. The van der Waals surface area contributed by atoms with E-state index < -0.39 is 0 Å². The third-order valence-electron chi connectivity index (χ3n) is 5.84. The van der Waals surface area contributed by atoms with E-state index >= 15 is 0 Å². The van der Waals surface area contributed by atoms with Gasteiger partial charge in [-0.2, -0.15) is 0 Å². The molecule has 0 aromatic carbocycles. The van der Waals surface area contributed by atoms with Crippen molar-refractivity contribution in [1.29, 1.82) is 0 Å². The summed E-state index contributed by atoms with van der Waals surface area (Å²) in [5, 5.41) is 6.94.